The summed E-state index contributed by atoms with van der Waals surface area (Å²) in [6.45, 7) is 7.70. The van der Waals surface area contributed by atoms with E-state index in [-0.39, 0.29) is 12.0 Å². The number of hydrogen-bond donors (Lipinski definition) is 2. The fraction of sp³-hybridized carbons (Fsp3) is 0.917. The first kappa shape index (κ1) is 14.8. The van der Waals surface area contributed by atoms with Gasteiger partial charge in [0, 0.05) is 17.6 Å². The van der Waals surface area contributed by atoms with Crippen LogP contribution in [0.4, 0.5) is 0 Å². The maximum Gasteiger partial charge on any atom is 0.238 e. The third-order valence-corrected chi connectivity index (χ3v) is 4.99. The van der Waals surface area contributed by atoms with Crippen LogP contribution >= 0.6 is 11.8 Å². The van der Waals surface area contributed by atoms with Crippen molar-refractivity contribution in [3.05, 3.63) is 0 Å². The van der Waals surface area contributed by atoms with E-state index in [0.717, 1.165) is 26.0 Å². The molecule has 1 aliphatic rings. The lowest BCUT2D eigenvalue weighted by atomic mass is 10.0. The summed E-state index contributed by atoms with van der Waals surface area (Å²) in [5.74, 6) is 0.436. The van der Waals surface area contributed by atoms with E-state index in [1.165, 1.54) is 0 Å². The van der Waals surface area contributed by atoms with Crippen LogP contribution in [0.1, 0.15) is 33.6 Å². The predicted molar refractivity (Wildman–Crippen MR) is 72.2 cm³/mol. The highest BCUT2D eigenvalue weighted by Crippen LogP contribution is 2.28. The standard InChI is InChI=1S/C12H24N2O2S/c1-4-6-14-12(3,11(13)15)8-17-10-5-7-16-9(10)2/h9-10,14H,4-8H2,1-3H3,(H2,13,15). The Hall–Kier alpha value is -0.260. The van der Waals surface area contributed by atoms with Gasteiger partial charge in [-0.25, -0.2) is 0 Å². The minimum Gasteiger partial charge on any atom is -0.377 e. The van der Waals surface area contributed by atoms with E-state index in [9.17, 15) is 4.79 Å². The highest BCUT2D eigenvalue weighted by Gasteiger charge is 2.33. The number of nitrogens with one attached hydrogen (secondary N) is 1. The summed E-state index contributed by atoms with van der Waals surface area (Å²) in [5, 5.41) is 3.73. The molecule has 1 aliphatic heterocycles. The maximum atomic E-state index is 11.5. The third-order valence-electron chi connectivity index (χ3n) is 3.20. The molecule has 0 spiro atoms. The van der Waals surface area contributed by atoms with Crippen molar-refractivity contribution in [3.63, 3.8) is 0 Å². The fourth-order valence-corrected chi connectivity index (χ4v) is 3.22. The second-order valence-corrected chi connectivity index (χ2v) is 6.06. The number of thioether (sulfide) groups is 1. The number of primary amides is 1. The second kappa shape index (κ2) is 6.61. The molecular weight excluding hydrogens is 236 g/mol. The van der Waals surface area contributed by atoms with Crippen LogP contribution < -0.4 is 11.1 Å². The third kappa shape index (κ3) is 4.16. The van der Waals surface area contributed by atoms with Gasteiger partial charge in [-0.05, 0) is 33.2 Å². The Bertz CT molecular complexity index is 263. The molecule has 4 nitrogen and oxygen atoms in total. The van der Waals surface area contributed by atoms with E-state index in [1.54, 1.807) is 11.8 Å². The van der Waals surface area contributed by atoms with Crippen molar-refractivity contribution < 1.29 is 9.53 Å². The number of carbonyl (C=O) groups is 1. The van der Waals surface area contributed by atoms with Gasteiger partial charge in [0.1, 0.15) is 5.54 Å². The topological polar surface area (TPSA) is 64.3 Å². The smallest absolute Gasteiger partial charge is 0.238 e. The zero-order valence-corrected chi connectivity index (χ0v) is 11.8. The van der Waals surface area contributed by atoms with Gasteiger partial charge in [-0.1, -0.05) is 6.92 Å². The first-order valence-corrected chi connectivity index (χ1v) is 7.32. The van der Waals surface area contributed by atoms with Crippen LogP contribution in [-0.4, -0.2) is 41.7 Å². The minimum atomic E-state index is -0.608. The van der Waals surface area contributed by atoms with Crippen LogP contribution in [0.2, 0.25) is 0 Å². The largest absolute Gasteiger partial charge is 0.377 e. The Morgan fingerprint density at radius 3 is 2.82 bits per heavy atom. The number of nitrogens with two attached hydrogens (primary N) is 1. The molecule has 1 fully saturated rings. The van der Waals surface area contributed by atoms with Crippen molar-refractivity contribution in [2.75, 3.05) is 18.9 Å². The molecule has 1 heterocycles. The Kier molecular flexibility index (Phi) is 5.76. The number of carbonyl (C=O) groups excluding carboxylic acids is 1. The molecular formula is C12H24N2O2S. The van der Waals surface area contributed by atoms with Crippen LogP contribution in [0, 0.1) is 0 Å². The van der Waals surface area contributed by atoms with Gasteiger partial charge in [0.15, 0.2) is 0 Å². The summed E-state index contributed by atoms with van der Waals surface area (Å²) in [7, 11) is 0. The van der Waals surface area contributed by atoms with Gasteiger partial charge in [-0.15, -0.1) is 0 Å². The Balaban J connectivity index is 2.46. The highest BCUT2D eigenvalue weighted by atomic mass is 32.2. The summed E-state index contributed by atoms with van der Waals surface area (Å²) in [6.07, 6.45) is 2.34. The molecule has 3 N–H and O–H groups in total. The lowest BCUT2D eigenvalue weighted by Crippen LogP contribution is -2.55. The molecule has 1 rings (SSSR count). The van der Waals surface area contributed by atoms with E-state index in [4.69, 9.17) is 10.5 Å². The van der Waals surface area contributed by atoms with Gasteiger partial charge < -0.3 is 15.8 Å². The maximum absolute atomic E-state index is 11.5. The first-order valence-electron chi connectivity index (χ1n) is 6.27. The average molecular weight is 260 g/mol. The molecule has 0 saturated carbocycles. The van der Waals surface area contributed by atoms with Gasteiger partial charge in [-0.3, -0.25) is 4.79 Å². The molecule has 1 amide bonds. The predicted octanol–water partition coefficient (Wildman–Crippen LogP) is 1.14. The molecule has 0 aliphatic carbocycles. The lowest BCUT2D eigenvalue weighted by molar-refractivity contribution is -0.122. The van der Waals surface area contributed by atoms with Gasteiger partial charge >= 0.3 is 0 Å². The highest BCUT2D eigenvalue weighted by molar-refractivity contribution is 8.00. The summed E-state index contributed by atoms with van der Waals surface area (Å²) in [5.41, 5.74) is 4.88. The van der Waals surface area contributed by atoms with Gasteiger partial charge in [0.05, 0.1) is 6.10 Å². The second-order valence-electron chi connectivity index (χ2n) is 4.84. The Labute approximate surface area is 108 Å². The normalized spacial score (nSPS) is 27.9. The van der Waals surface area contributed by atoms with Crippen molar-refractivity contribution in [1.29, 1.82) is 0 Å². The summed E-state index contributed by atoms with van der Waals surface area (Å²) < 4.78 is 5.51. The molecule has 100 valence electrons. The monoisotopic (exact) mass is 260 g/mol. The van der Waals surface area contributed by atoms with Crippen molar-refractivity contribution in [3.8, 4) is 0 Å². The molecule has 0 radical (unpaired) electrons. The number of ether oxygens (including phenoxy) is 1. The van der Waals surface area contributed by atoms with Crippen molar-refractivity contribution in [2.24, 2.45) is 5.73 Å². The van der Waals surface area contributed by atoms with Gasteiger partial charge in [0.25, 0.3) is 0 Å². The zero-order valence-electron chi connectivity index (χ0n) is 11.0. The molecule has 0 aromatic heterocycles. The van der Waals surface area contributed by atoms with Crippen LogP contribution in [0.15, 0.2) is 0 Å². The lowest BCUT2D eigenvalue weighted by Gasteiger charge is -2.28. The Morgan fingerprint density at radius 2 is 2.35 bits per heavy atom. The molecule has 3 atom stereocenters. The molecule has 0 aromatic carbocycles. The summed E-state index contributed by atoms with van der Waals surface area (Å²) in [4.78, 5) is 11.5. The van der Waals surface area contributed by atoms with Crippen molar-refractivity contribution in [2.45, 2.75) is 50.5 Å². The van der Waals surface area contributed by atoms with E-state index in [0.29, 0.717) is 11.0 Å². The molecule has 0 aromatic rings. The Morgan fingerprint density at radius 1 is 1.65 bits per heavy atom. The number of amides is 1. The van der Waals surface area contributed by atoms with E-state index >= 15 is 0 Å². The van der Waals surface area contributed by atoms with Crippen molar-refractivity contribution in [1.82, 2.24) is 5.32 Å². The summed E-state index contributed by atoms with van der Waals surface area (Å²) in [6, 6.07) is 0. The van der Waals surface area contributed by atoms with E-state index < -0.39 is 5.54 Å². The van der Waals surface area contributed by atoms with Gasteiger partial charge in [0.2, 0.25) is 5.91 Å². The number of rotatable bonds is 7. The first-order chi connectivity index (χ1) is 7.99. The van der Waals surface area contributed by atoms with Gasteiger partial charge in [-0.2, -0.15) is 11.8 Å². The molecule has 1 saturated heterocycles. The quantitative estimate of drug-likeness (QED) is 0.720. The summed E-state index contributed by atoms with van der Waals surface area (Å²) >= 11 is 1.79. The van der Waals surface area contributed by atoms with E-state index in [2.05, 4.69) is 19.2 Å². The molecule has 5 heteroatoms. The SMILES string of the molecule is CCCNC(C)(CSC1CCOC1C)C(N)=O. The van der Waals surface area contributed by atoms with Crippen LogP contribution in [0.3, 0.4) is 0 Å². The fourth-order valence-electron chi connectivity index (χ4n) is 1.81. The van der Waals surface area contributed by atoms with Crippen LogP contribution in [0.5, 0.6) is 0 Å². The molecule has 0 bridgehead atoms. The average Bonchev–Trinajstić information content (AvgIpc) is 2.69. The van der Waals surface area contributed by atoms with Crippen molar-refractivity contribution >= 4 is 17.7 Å². The minimum absolute atomic E-state index is 0.273. The molecule has 3 unspecified atom stereocenters. The van der Waals surface area contributed by atoms with Crippen LogP contribution in [0.25, 0.3) is 0 Å². The van der Waals surface area contributed by atoms with E-state index in [1.807, 2.05) is 6.92 Å². The van der Waals surface area contributed by atoms with Crippen LogP contribution in [-0.2, 0) is 9.53 Å². The molecule has 17 heavy (non-hydrogen) atoms. The zero-order chi connectivity index (χ0) is 12.9. The number of hydrogen-bond acceptors (Lipinski definition) is 4.